The van der Waals surface area contributed by atoms with Crippen LogP contribution in [-0.2, 0) is 28.6 Å². The molecule has 0 fully saturated rings. The second-order valence-electron chi connectivity index (χ2n) is 18.1. The van der Waals surface area contributed by atoms with Gasteiger partial charge in [0.2, 0.25) is 0 Å². The normalized spacial score (nSPS) is 12.6. The van der Waals surface area contributed by atoms with Gasteiger partial charge < -0.3 is 14.2 Å². The van der Waals surface area contributed by atoms with E-state index in [1.807, 2.05) is 6.08 Å². The summed E-state index contributed by atoms with van der Waals surface area (Å²) in [6, 6.07) is 0. The molecule has 0 saturated carbocycles. The maximum Gasteiger partial charge on any atom is 0.306 e. The van der Waals surface area contributed by atoms with E-state index < -0.39 is 6.10 Å². The van der Waals surface area contributed by atoms with Crippen LogP contribution in [0.25, 0.3) is 0 Å². The molecule has 0 bridgehead atoms. The van der Waals surface area contributed by atoms with Crippen LogP contribution in [0.15, 0.2) is 72.9 Å². The number of hydrogen-bond acceptors (Lipinski definition) is 6. The molecule has 0 aromatic rings. The predicted molar refractivity (Wildman–Crippen MR) is 279 cm³/mol. The van der Waals surface area contributed by atoms with Gasteiger partial charge in [-0.2, -0.15) is 0 Å². The van der Waals surface area contributed by atoms with E-state index in [-0.39, 0.29) is 37.5 Å². The minimum absolute atomic E-state index is 0.102. The molecule has 374 valence electrons. The largest absolute Gasteiger partial charge is 0.462 e. The molecule has 6 heteroatoms. The fourth-order valence-electron chi connectivity index (χ4n) is 7.65. The average Bonchev–Trinajstić information content (AvgIpc) is 3.30. The van der Waals surface area contributed by atoms with Crippen LogP contribution in [0.5, 0.6) is 0 Å². The van der Waals surface area contributed by atoms with Crippen molar-refractivity contribution >= 4 is 17.9 Å². The molecule has 65 heavy (non-hydrogen) atoms. The zero-order chi connectivity index (χ0) is 47.2. The van der Waals surface area contributed by atoms with Crippen LogP contribution in [0.2, 0.25) is 0 Å². The summed E-state index contributed by atoms with van der Waals surface area (Å²) in [6.45, 7) is 6.48. The summed E-state index contributed by atoms with van der Waals surface area (Å²) in [5.74, 6) is -0.978. The molecule has 0 unspecified atom stereocenters. The summed E-state index contributed by atoms with van der Waals surface area (Å²) in [5.41, 5.74) is 0. The smallest absolute Gasteiger partial charge is 0.306 e. The van der Waals surface area contributed by atoms with Crippen molar-refractivity contribution in [3.63, 3.8) is 0 Å². The van der Waals surface area contributed by atoms with Crippen LogP contribution in [-0.4, -0.2) is 37.2 Å². The van der Waals surface area contributed by atoms with Gasteiger partial charge in [-0.15, -0.1) is 0 Å². The SMILES string of the molecule is CC/C=C\C/C=C\C/C=C\C/C=C\C/C=C\C/C=C\CCC(=O)O[C@@H](COC(=O)CCCCCCCCCCCCCCC)COC(=O)CCCCCCCCCCCCCCCCC. The Morgan fingerprint density at radius 1 is 0.323 bits per heavy atom. The molecule has 0 saturated heterocycles. The van der Waals surface area contributed by atoms with E-state index >= 15 is 0 Å². The van der Waals surface area contributed by atoms with Gasteiger partial charge in [-0.3, -0.25) is 14.4 Å². The molecule has 0 amide bonds. The van der Waals surface area contributed by atoms with Crippen molar-refractivity contribution in [1.29, 1.82) is 0 Å². The highest BCUT2D eigenvalue weighted by molar-refractivity contribution is 5.71. The van der Waals surface area contributed by atoms with Crippen molar-refractivity contribution < 1.29 is 28.6 Å². The lowest BCUT2D eigenvalue weighted by Gasteiger charge is -2.18. The number of rotatable bonds is 49. The number of esters is 3. The van der Waals surface area contributed by atoms with Gasteiger partial charge in [-0.05, 0) is 57.8 Å². The van der Waals surface area contributed by atoms with Crippen molar-refractivity contribution in [1.82, 2.24) is 0 Å². The highest BCUT2D eigenvalue weighted by Gasteiger charge is 2.19. The lowest BCUT2D eigenvalue weighted by Crippen LogP contribution is -2.30. The summed E-state index contributed by atoms with van der Waals surface area (Å²) in [7, 11) is 0. The zero-order valence-electron chi connectivity index (χ0n) is 42.7. The van der Waals surface area contributed by atoms with E-state index in [4.69, 9.17) is 14.2 Å². The maximum atomic E-state index is 12.8. The van der Waals surface area contributed by atoms with Gasteiger partial charge in [-0.25, -0.2) is 0 Å². The quantitative estimate of drug-likeness (QED) is 0.0262. The molecule has 0 N–H and O–H groups in total. The highest BCUT2D eigenvalue weighted by atomic mass is 16.6. The van der Waals surface area contributed by atoms with Gasteiger partial charge in [0.25, 0.3) is 0 Å². The molecule has 0 spiro atoms. The van der Waals surface area contributed by atoms with Crippen molar-refractivity contribution in [2.45, 2.75) is 271 Å². The number of hydrogen-bond donors (Lipinski definition) is 0. The Kier molecular flexibility index (Phi) is 50.9. The molecular formula is C59H102O6. The molecule has 0 heterocycles. The van der Waals surface area contributed by atoms with Crippen LogP contribution >= 0.6 is 0 Å². The first-order chi connectivity index (χ1) is 32.0. The standard InChI is InChI=1S/C59H102O6/c1-4-7-10-13-16-19-22-25-27-28-29-30-32-35-38-41-44-47-50-53-59(62)65-56(54-63-57(60)51-48-45-42-39-36-33-24-21-18-15-12-9-6-3)55-64-58(61)52-49-46-43-40-37-34-31-26-23-20-17-14-11-8-5-2/h7,10,16,19,25,27,29-30,35,38,44,47,56H,4-6,8-9,11-15,17-18,20-24,26,28,31-34,36-37,39-43,45-46,48-55H2,1-3H3/b10-7-,19-16-,27-25-,30-29-,38-35-,47-44-/t56-/m0/s1. The molecule has 0 aromatic carbocycles. The summed E-state index contributed by atoms with van der Waals surface area (Å²) in [6.07, 6.45) is 67.5. The van der Waals surface area contributed by atoms with Gasteiger partial charge in [-0.1, -0.05) is 261 Å². The van der Waals surface area contributed by atoms with E-state index in [1.165, 1.54) is 141 Å². The first-order valence-electron chi connectivity index (χ1n) is 27.4. The Morgan fingerprint density at radius 3 is 0.908 bits per heavy atom. The van der Waals surface area contributed by atoms with Crippen molar-refractivity contribution in [2.75, 3.05) is 13.2 Å². The van der Waals surface area contributed by atoms with E-state index in [1.54, 1.807) is 0 Å². The fourth-order valence-corrected chi connectivity index (χ4v) is 7.65. The maximum absolute atomic E-state index is 12.8. The second kappa shape index (κ2) is 53.5. The van der Waals surface area contributed by atoms with Gasteiger partial charge in [0, 0.05) is 19.3 Å². The van der Waals surface area contributed by atoms with Crippen molar-refractivity contribution in [2.24, 2.45) is 0 Å². The van der Waals surface area contributed by atoms with E-state index in [9.17, 15) is 14.4 Å². The molecule has 0 aliphatic carbocycles. The zero-order valence-corrected chi connectivity index (χ0v) is 42.7. The number of unbranched alkanes of at least 4 members (excludes halogenated alkanes) is 26. The molecule has 0 aliphatic rings. The molecule has 0 aliphatic heterocycles. The minimum Gasteiger partial charge on any atom is -0.462 e. The molecule has 0 radical (unpaired) electrons. The van der Waals surface area contributed by atoms with E-state index in [0.717, 1.165) is 77.0 Å². The summed E-state index contributed by atoms with van der Waals surface area (Å²) >= 11 is 0. The molecule has 6 nitrogen and oxygen atoms in total. The number of carbonyl (C=O) groups is 3. The fraction of sp³-hybridized carbons (Fsp3) is 0.746. The molecular weight excluding hydrogens is 805 g/mol. The summed E-state index contributed by atoms with van der Waals surface area (Å²) in [4.78, 5) is 38.0. The topological polar surface area (TPSA) is 78.9 Å². The first-order valence-corrected chi connectivity index (χ1v) is 27.4. The van der Waals surface area contributed by atoms with Crippen LogP contribution < -0.4 is 0 Å². The Hall–Kier alpha value is -3.15. The van der Waals surface area contributed by atoms with Gasteiger partial charge >= 0.3 is 17.9 Å². The predicted octanol–water partition coefficient (Wildman–Crippen LogP) is 18.2. The van der Waals surface area contributed by atoms with E-state index in [2.05, 4.69) is 87.6 Å². The Balaban J connectivity index is 4.48. The number of allylic oxidation sites excluding steroid dienone is 12. The first kappa shape index (κ1) is 61.9. The van der Waals surface area contributed by atoms with Crippen LogP contribution in [0, 0.1) is 0 Å². The van der Waals surface area contributed by atoms with Gasteiger partial charge in [0.1, 0.15) is 13.2 Å². The Morgan fingerprint density at radius 2 is 0.600 bits per heavy atom. The second-order valence-corrected chi connectivity index (χ2v) is 18.1. The summed E-state index contributed by atoms with van der Waals surface area (Å²) in [5, 5.41) is 0. The third-order valence-corrected chi connectivity index (χ3v) is 11.7. The summed E-state index contributed by atoms with van der Waals surface area (Å²) < 4.78 is 16.8. The van der Waals surface area contributed by atoms with Gasteiger partial charge in [0.05, 0.1) is 0 Å². The minimum atomic E-state index is -0.812. The number of carbonyl (C=O) groups excluding carboxylic acids is 3. The lowest BCUT2D eigenvalue weighted by molar-refractivity contribution is -0.166. The average molecular weight is 907 g/mol. The Bertz CT molecular complexity index is 1230. The van der Waals surface area contributed by atoms with Crippen LogP contribution in [0.4, 0.5) is 0 Å². The van der Waals surface area contributed by atoms with E-state index in [0.29, 0.717) is 19.3 Å². The Labute approximate surface area is 402 Å². The lowest BCUT2D eigenvalue weighted by atomic mass is 10.0. The van der Waals surface area contributed by atoms with Gasteiger partial charge in [0.15, 0.2) is 6.10 Å². The molecule has 0 rings (SSSR count). The molecule has 0 aromatic heterocycles. The van der Waals surface area contributed by atoms with Crippen LogP contribution in [0.1, 0.15) is 265 Å². The third-order valence-electron chi connectivity index (χ3n) is 11.7. The van der Waals surface area contributed by atoms with Crippen molar-refractivity contribution in [3.8, 4) is 0 Å². The molecule has 1 atom stereocenters. The third kappa shape index (κ3) is 51.7. The number of ether oxygens (including phenoxy) is 3. The monoisotopic (exact) mass is 907 g/mol. The highest BCUT2D eigenvalue weighted by Crippen LogP contribution is 2.16. The van der Waals surface area contributed by atoms with Crippen LogP contribution in [0.3, 0.4) is 0 Å². The van der Waals surface area contributed by atoms with Crippen molar-refractivity contribution in [3.05, 3.63) is 72.9 Å².